The number of rotatable bonds is 4. The molecule has 0 aliphatic rings. The van der Waals surface area contributed by atoms with E-state index in [0.29, 0.717) is 16.8 Å². The minimum atomic E-state index is -6.19. The first-order chi connectivity index (χ1) is 10.5. The second-order valence-corrected chi connectivity index (χ2v) is 4.65. The minimum absolute atomic E-state index is 0.0914. The summed E-state index contributed by atoms with van der Waals surface area (Å²) in [4.78, 5) is 3.34. The Morgan fingerprint density at radius 2 is 1.74 bits per heavy atom. The summed E-state index contributed by atoms with van der Waals surface area (Å²) in [5.41, 5.74) is -5.48. The largest absolute Gasteiger partial charge is 0.456 e. The first kappa shape index (κ1) is 17.2. The zero-order chi connectivity index (χ0) is 17.5. The molecule has 126 valence electrons. The summed E-state index contributed by atoms with van der Waals surface area (Å²) in [6.45, 7) is -1.46. The van der Waals surface area contributed by atoms with E-state index in [1.54, 1.807) is 0 Å². The third-order valence-corrected chi connectivity index (χ3v) is 3.11. The quantitative estimate of drug-likeness (QED) is 0.869. The number of hydrogen-bond donors (Lipinski definition) is 1. The highest BCUT2D eigenvalue weighted by Crippen LogP contribution is 2.49. The number of nitrogens with zero attached hydrogens (tertiary/aromatic N) is 3. The third-order valence-electron chi connectivity index (χ3n) is 3.11. The maximum absolute atomic E-state index is 13.8. The number of hydrogen-bond acceptors (Lipinski definition) is 3. The van der Waals surface area contributed by atoms with Crippen LogP contribution in [0.15, 0.2) is 30.9 Å². The minimum Gasteiger partial charge on any atom is -0.377 e. The third kappa shape index (κ3) is 2.87. The van der Waals surface area contributed by atoms with Gasteiger partial charge in [-0.25, -0.2) is 18.4 Å². The molecule has 0 radical (unpaired) electrons. The second-order valence-electron chi connectivity index (χ2n) is 4.65. The van der Waals surface area contributed by atoms with Crippen LogP contribution >= 0.6 is 0 Å². The summed E-state index contributed by atoms with van der Waals surface area (Å²) in [6, 6.07) is 0.868. The number of alkyl halides is 5. The number of aliphatic hydroxyl groups is 1. The first-order valence-corrected chi connectivity index (χ1v) is 5.94. The summed E-state index contributed by atoms with van der Waals surface area (Å²) < 4.78 is 92.9. The van der Waals surface area contributed by atoms with Crippen LogP contribution in [0.5, 0.6) is 0 Å². The van der Waals surface area contributed by atoms with Gasteiger partial charge in [0.05, 0.1) is 6.54 Å². The molecule has 0 aliphatic heterocycles. The molecular formula is C12H8F7N3O. The Bertz CT molecular complexity index is 686. The van der Waals surface area contributed by atoms with Gasteiger partial charge in [0.15, 0.2) is 5.60 Å². The molecule has 0 spiro atoms. The molecule has 1 heterocycles. The van der Waals surface area contributed by atoms with E-state index in [1.807, 2.05) is 0 Å². The second kappa shape index (κ2) is 5.48. The molecule has 1 N–H and O–H groups in total. The molecule has 0 saturated carbocycles. The van der Waals surface area contributed by atoms with Gasteiger partial charge in [0.25, 0.3) is 0 Å². The van der Waals surface area contributed by atoms with E-state index in [4.69, 9.17) is 0 Å². The van der Waals surface area contributed by atoms with Crippen molar-refractivity contribution in [1.29, 1.82) is 0 Å². The molecule has 0 aliphatic carbocycles. The molecular weight excluding hydrogens is 335 g/mol. The summed E-state index contributed by atoms with van der Waals surface area (Å²) in [6.07, 6.45) is -4.60. The Morgan fingerprint density at radius 3 is 2.22 bits per heavy atom. The van der Waals surface area contributed by atoms with Crippen molar-refractivity contribution in [3.8, 4) is 0 Å². The molecule has 1 aromatic heterocycles. The highest BCUT2D eigenvalue weighted by Gasteiger charge is 2.71. The van der Waals surface area contributed by atoms with E-state index in [2.05, 4.69) is 10.1 Å². The van der Waals surface area contributed by atoms with Crippen molar-refractivity contribution in [2.45, 2.75) is 24.2 Å². The monoisotopic (exact) mass is 343 g/mol. The molecule has 2 aromatic rings. The highest BCUT2D eigenvalue weighted by molar-refractivity contribution is 5.28. The Morgan fingerprint density at radius 1 is 1.09 bits per heavy atom. The van der Waals surface area contributed by atoms with Crippen LogP contribution in [-0.2, 0) is 12.1 Å². The van der Waals surface area contributed by atoms with Crippen molar-refractivity contribution >= 4 is 0 Å². The molecule has 0 fully saturated rings. The van der Waals surface area contributed by atoms with E-state index in [9.17, 15) is 35.8 Å². The Balaban J connectivity index is 2.64. The highest BCUT2D eigenvalue weighted by atomic mass is 19.4. The van der Waals surface area contributed by atoms with Gasteiger partial charge in [-0.15, -0.1) is 0 Å². The molecule has 2 rings (SSSR count). The van der Waals surface area contributed by atoms with E-state index >= 15 is 0 Å². The fraction of sp³-hybridized carbons (Fsp3) is 0.333. The maximum Gasteiger partial charge on any atom is 0.456 e. The van der Waals surface area contributed by atoms with E-state index in [-0.39, 0.29) is 6.07 Å². The SMILES string of the molecule is OC(Cn1cncn1)(c1ccc(F)cc1F)C(F)(F)C(F)(F)F. The Kier molecular flexibility index (Phi) is 4.09. The molecule has 0 amide bonds. The van der Waals surface area contributed by atoms with Crippen LogP contribution in [-0.4, -0.2) is 32.0 Å². The maximum atomic E-state index is 13.8. The predicted molar refractivity (Wildman–Crippen MR) is 61.3 cm³/mol. The lowest BCUT2D eigenvalue weighted by Gasteiger charge is -2.37. The van der Waals surface area contributed by atoms with E-state index in [0.717, 1.165) is 12.7 Å². The number of halogens is 7. The molecule has 23 heavy (non-hydrogen) atoms. The van der Waals surface area contributed by atoms with E-state index < -0.39 is 41.4 Å². The number of aromatic nitrogens is 3. The first-order valence-electron chi connectivity index (χ1n) is 5.94. The summed E-state index contributed by atoms with van der Waals surface area (Å²) in [5.74, 6) is -8.70. The van der Waals surface area contributed by atoms with Gasteiger partial charge in [-0.05, 0) is 12.1 Å². The molecule has 1 aromatic carbocycles. The molecule has 4 nitrogen and oxygen atoms in total. The topological polar surface area (TPSA) is 50.9 Å². The zero-order valence-corrected chi connectivity index (χ0v) is 11.0. The van der Waals surface area contributed by atoms with Gasteiger partial charge in [-0.1, -0.05) is 0 Å². The fourth-order valence-electron chi connectivity index (χ4n) is 1.96. The molecule has 1 unspecified atom stereocenters. The van der Waals surface area contributed by atoms with Gasteiger partial charge in [-0.3, -0.25) is 0 Å². The van der Waals surface area contributed by atoms with Gasteiger partial charge in [0.2, 0.25) is 0 Å². The van der Waals surface area contributed by atoms with Crippen molar-refractivity contribution in [2.24, 2.45) is 0 Å². The van der Waals surface area contributed by atoms with Gasteiger partial charge in [-0.2, -0.15) is 27.1 Å². The normalized spacial score (nSPS) is 15.5. The lowest BCUT2D eigenvalue weighted by Crippen LogP contribution is -2.57. The lowest BCUT2D eigenvalue weighted by molar-refractivity contribution is -0.349. The van der Waals surface area contributed by atoms with Crippen LogP contribution < -0.4 is 0 Å². The van der Waals surface area contributed by atoms with E-state index in [1.165, 1.54) is 0 Å². The summed E-state index contributed by atoms with van der Waals surface area (Å²) in [5, 5.41) is 13.4. The predicted octanol–water partition coefficient (Wildman–Crippen LogP) is 2.64. The van der Waals surface area contributed by atoms with Crippen LogP contribution in [0.4, 0.5) is 30.7 Å². The van der Waals surface area contributed by atoms with Crippen LogP contribution in [0.3, 0.4) is 0 Å². The van der Waals surface area contributed by atoms with Crippen LogP contribution in [0.2, 0.25) is 0 Å². The van der Waals surface area contributed by atoms with Crippen molar-refractivity contribution in [3.63, 3.8) is 0 Å². The lowest BCUT2D eigenvalue weighted by atomic mass is 9.86. The summed E-state index contributed by atoms with van der Waals surface area (Å²) in [7, 11) is 0. The van der Waals surface area contributed by atoms with Crippen LogP contribution in [0.25, 0.3) is 0 Å². The van der Waals surface area contributed by atoms with Crippen LogP contribution in [0.1, 0.15) is 5.56 Å². The Hall–Kier alpha value is -2.17. The average Bonchev–Trinajstić information content (AvgIpc) is 2.89. The van der Waals surface area contributed by atoms with Crippen molar-refractivity contribution < 1.29 is 35.8 Å². The average molecular weight is 343 g/mol. The molecule has 0 bridgehead atoms. The zero-order valence-electron chi connectivity index (χ0n) is 11.0. The Labute approximate surface area is 124 Å². The van der Waals surface area contributed by atoms with Crippen molar-refractivity contribution in [2.75, 3.05) is 0 Å². The van der Waals surface area contributed by atoms with Gasteiger partial charge in [0.1, 0.15) is 24.3 Å². The molecule has 11 heteroatoms. The standard InChI is InChI=1S/C12H8F7N3O/c13-7-1-2-8(9(14)3-7)10(23,4-22-6-20-5-21-22)11(15,16)12(17,18)19/h1-3,5-6,23H,4H2. The molecule has 1 atom stereocenters. The summed E-state index contributed by atoms with van der Waals surface area (Å²) >= 11 is 0. The molecule has 0 saturated heterocycles. The van der Waals surface area contributed by atoms with Crippen molar-refractivity contribution in [1.82, 2.24) is 14.8 Å². The van der Waals surface area contributed by atoms with Crippen molar-refractivity contribution in [3.05, 3.63) is 48.1 Å². The van der Waals surface area contributed by atoms with Crippen LogP contribution in [0, 0.1) is 11.6 Å². The smallest absolute Gasteiger partial charge is 0.377 e. The fourth-order valence-corrected chi connectivity index (χ4v) is 1.96. The van der Waals surface area contributed by atoms with Gasteiger partial charge < -0.3 is 5.11 Å². The van der Waals surface area contributed by atoms with Gasteiger partial charge in [0, 0.05) is 11.6 Å². The van der Waals surface area contributed by atoms with Gasteiger partial charge >= 0.3 is 12.1 Å². The number of benzene rings is 1.